The Labute approximate surface area is 425 Å². The Morgan fingerprint density at radius 3 is 1.70 bits per heavy atom. The fraction of sp³-hybridized carbons (Fsp3) is 0.635. The molecule has 3 unspecified atom stereocenters. The molecule has 19 heteroatoms. The van der Waals surface area contributed by atoms with E-state index >= 15 is 0 Å². The maximum atomic E-state index is 13.1. The lowest BCUT2D eigenvalue weighted by Gasteiger charge is -2.41. The largest absolute Gasteiger partial charge is 0.481 e. The second kappa shape index (κ2) is 40.9. The predicted octanol–water partition coefficient (Wildman–Crippen LogP) is 7.15. The van der Waals surface area contributed by atoms with Gasteiger partial charge in [-0.05, 0) is 77.0 Å². The molecular weight excluding hydrogens is 958 g/mol. The van der Waals surface area contributed by atoms with E-state index in [-0.39, 0.29) is 31.4 Å². The molecule has 0 amide bonds. The second-order valence-electron chi connectivity index (χ2n) is 17.2. The number of esters is 2. The van der Waals surface area contributed by atoms with Gasteiger partial charge in [0.1, 0.15) is 49.3 Å². The van der Waals surface area contributed by atoms with Gasteiger partial charge in [-0.15, -0.1) is 11.8 Å². The standard InChI is InChI=1S/C52H84NO16PS/c1-3-5-7-9-11-13-15-17-18-19-20-21-23-25-27-29-31-36-45(57)68-40(38-67-70(64,65)69-51-49(61)47(59)46(58)48(60)50(51)62)37-66-52(63)41(53)39-71-43(42(54)33-32-35-44(55)56)34-30-28-26-24-22-16-14-12-10-8-6-4-2/h11-14,17-18,20-22,24-28,30,34,40-43,46-51,54,58-62H,3-10,15-16,19,23,29,31-33,35-39,53H2,1-2H3,(H,55,56)(H,64,65)/b13-11-,14-12-,18-17-,21-20-,24-22-,27-25-,28-26+,34-30+/t40-,41+,42+,43-,46?,47-,48+,49-,50-,51?/m1/s1. The molecular formula is C52H84NO16PS. The van der Waals surface area contributed by atoms with Crippen molar-refractivity contribution in [1.29, 1.82) is 0 Å². The fourth-order valence-corrected chi connectivity index (χ4v) is 8.82. The molecule has 17 nitrogen and oxygen atoms in total. The molecule has 1 aliphatic carbocycles. The van der Waals surface area contributed by atoms with Crippen LogP contribution in [0.1, 0.15) is 129 Å². The molecule has 0 aromatic rings. The highest BCUT2D eigenvalue weighted by molar-refractivity contribution is 8.00. The molecule has 10 N–H and O–H groups in total. The Morgan fingerprint density at radius 1 is 0.648 bits per heavy atom. The van der Waals surface area contributed by atoms with Crippen LogP contribution in [0, 0.1) is 0 Å². The van der Waals surface area contributed by atoms with E-state index in [9.17, 15) is 54.5 Å². The summed E-state index contributed by atoms with van der Waals surface area (Å²) in [5, 5.41) is 69.9. The molecule has 0 aliphatic heterocycles. The zero-order chi connectivity index (χ0) is 52.7. The third-order valence-electron chi connectivity index (χ3n) is 10.9. The number of thioether (sulfide) groups is 1. The number of carbonyl (C=O) groups excluding carboxylic acids is 2. The van der Waals surface area contributed by atoms with Crippen molar-refractivity contribution in [3.05, 3.63) is 97.2 Å². The number of carboxylic acid groups (broad SMARTS) is 1. The van der Waals surface area contributed by atoms with E-state index in [0.29, 0.717) is 19.3 Å². The summed E-state index contributed by atoms with van der Waals surface area (Å²) in [6.45, 7) is 2.74. The molecule has 0 heterocycles. The molecule has 0 spiro atoms. The lowest BCUT2D eigenvalue weighted by atomic mass is 9.85. The summed E-state index contributed by atoms with van der Waals surface area (Å²) in [5.41, 5.74) is 6.17. The third kappa shape index (κ3) is 32.3. The van der Waals surface area contributed by atoms with E-state index in [1.807, 2.05) is 36.5 Å². The lowest BCUT2D eigenvalue weighted by Crippen LogP contribution is -2.64. The first-order valence-electron chi connectivity index (χ1n) is 25.0. The van der Waals surface area contributed by atoms with Crippen molar-refractivity contribution in [2.24, 2.45) is 5.73 Å². The van der Waals surface area contributed by atoms with Crippen LogP contribution in [0.15, 0.2) is 97.2 Å². The number of carbonyl (C=O) groups is 3. The molecule has 0 saturated heterocycles. The number of nitrogens with two attached hydrogens (primary N) is 1. The summed E-state index contributed by atoms with van der Waals surface area (Å²) in [7, 11) is -5.28. The topological polar surface area (TPSA) is 293 Å². The first-order valence-corrected chi connectivity index (χ1v) is 27.5. The molecule has 0 aromatic heterocycles. The molecule has 404 valence electrons. The Bertz CT molecular complexity index is 1730. The molecule has 1 saturated carbocycles. The molecule has 1 fully saturated rings. The highest BCUT2D eigenvalue weighted by Gasteiger charge is 2.51. The van der Waals surface area contributed by atoms with Crippen molar-refractivity contribution >= 4 is 37.5 Å². The van der Waals surface area contributed by atoms with Gasteiger partial charge in [-0.2, -0.15) is 0 Å². The normalized spacial score (nSPS) is 22.7. The fourth-order valence-electron chi connectivity index (χ4n) is 6.72. The number of rotatable bonds is 40. The van der Waals surface area contributed by atoms with E-state index in [1.54, 1.807) is 18.2 Å². The zero-order valence-corrected chi connectivity index (χ0v) is 43.3. The van der Waals surface area contributed by atoms with Crippen LogP contribution < -0.4 is 5.73 Å². The Morgan fingerprint density at radius 2 is 1.15 bits per heavy atom. The first-order chi connectivity index (χ1) is 34.0. The SMILES string of the molecule is CCCCC/C=C\C\C=C/C=C/C=C/[C@@H](SC[C@H](N)C(=O)OC[C@H](COP(=O)(O)OC1[C@H](O)[C@H](O)C(O)[C@H](O)[C@H]1O)OC(=O)CCC/C=C\C/C=C\C/C=C\C/C=C\CCCCC)[C@@H](O)CCCC(=O)O. The predicted molar refractivity (Wildman–Crippen MR) is 277 cm³/mol. The van der Waals surface area contributed by atoms with Crippen molar-refractivity contribution in [3.63, 3.8) is 0 Å². The zero-order valence-electron chi connectivity index (χ0n) is 41.6. The number of unbranched alkanes of at least 4 members (excludes halogenated alkanes) is 7. The molecule has 0 aromatic carbocycles. The smallest absolute Gasteiger partial charge is 0.472 e. The van der Waals surface area contributed by atoms with Crippen LogP contribution in [-0.4, -0.2) is 138 Å². The van der Waals surface area contributed by atoms with Crippen molar-refractivity contribution in [1.82, 2.24) is 0 Å². The number of hydrogen-bond donors (Lipinski definition) is 9. The summed E-state index contributed by atoms with van der Waals surface area (Å²) in [6, 6.07) is -1.27. The maximum absolute atomic E-state index is 13.1. The van der Waals surface area contributed by atoms with Crippen LogP contribution in [0.25, 0.3) is 0 Å². The van der Waals surface area contributed by atoms with Gasteiger partial charge in [0.05, 0.1) is 12.7 Å². The van der Waals surface area contributed by atoms with E-state index < -0.39 is 99.1 Å². The van der Waals surface area contributed by atoms with Crippen molar-refractivity contribution < 1.29 is 78.1 Å². The summed E-state index contributed by atoms with van der Waals surface area (Å²) in [6.07, 6.45) is 30.6. The molecule has 0 bridgehead atoms. The summed E-state index contributed by atoms with van der Waals surface area (Å²) < 4.78 is 33.6. The minimum atomic E-state index is -5.28. The van der Waals surface area contributed by atoms with Crippen LogP contribution in [0.5, 0.6) is 0 Å². The first kappa shape index (κ1) is 65.5. The molecule has 11 atom stereocenters. The Kier molecular flexibility index (Phi) is 37.8. The second-order valence-corrected chi connectivity index (χ2v) is 19.8. The number of carboxylic acids is 1. The van der Waals surface area contributed by atoms with Gasteiger partial charge < -0.3 is 55.8 Å². The summed E-state index contributed by atoms with van der Waals surface area (Å²) in [4.78, 5) is 47.6. The number of allylic oxidation sites excluding steroid dienone is 15. The van der Waals surface area contributed by atoms with Gasteiger partial charge in [0.15, 0.2) is 6.10 Å². The number of aliphatic hydroxyl groups is 6. The van der Waals surface area contributed by atoms with Crippen molar-refractivity contribution in [3.8, 4) is 0 Å². The van der Waals surface area contributed by atoms with E-state index in [4.69, 9.17) is 29.4 Å². The van der Waals surface area contributed by atoms with E-state index in [2.05, 4.69) is 56.4 Å². The molecule has 1 aliphatic rings. The van der Waals surface area contributed by atoms with E-state index in [1.165, 1.54) is 38.5 Å². The lowest BCUT2D eigenvalue weighted by molar-refractivity contribution is -0.220. The van der Waals surface area contributed by atoms with Crippen LogP contribution in [0.3, 0.4) is 0 Å². The average molecular weight is 1040 g/mol. The van der Waals surface area contributed by atoms with Crippen molar-refractivity contribution in [2.75, 3.05) is 19.0 Å². The average Bonchev–Trinajstić information content (AvgIpc) is 3.34. The van der Waals surface area contributed by atoms with Gasteiger partial charge in [0.2, 0.25) is 0 Å². The minimum Gasteiger partial charge on any atom is -0.481 e. The Balaban J connectivity index is 2.91. The molecule has 71 heavy (non-hydrogen) atoms. The van der Waals surface area contributed by atoms with Gasteiger partial charge in [-0.3, -0.25) is 23.4 Å². The van der Waals surface area contributed by atoms with Crippen LogP contribution >= 0.6 is 19.6 Å². The monoisotopic (exact) mass is 1040 g/mol. The summed E-state index contributed by atoms with van der Waals surface area (Å²) in [5.74, 6) is -2.78. The number of ether oxygens (including phenoxy) is 2. The maximum Gasteiger partial charge on any atom is 0.472 e. The van der Waals surface area contributed by atoms with Gasteiger partial charge in [-0.1, -0.05) is 137 Å². The number of hydrogen-bond acceptors (Lipinski definition) is 16. The summed E-state index contributed by atoms with van der Waals surface area (Å²) >= 11 is 1.13. The van der Waals surface area contributed by atoms with Crippen LogP contribution in [0.4, 0.5) is 0 Å². The number of phosphoric ester groups is 1. The minimum absolute atomic E-state index is 0.0609. The van der Waals surface area contributed by atoms with Gasteiger partial charge in [0, 0.05) is 23.8 Å². The highest BCUT2D eigenvalue weighted by atomic mass is 32.2. The van der Waals surface area contributed by atoms with Crippen LogP contribution in [0.2, 0.25) is 0 Å². The quantitative estimate of drug-likeness (QED) is 0.00968. The van der Waals surface area contributed by atoms with Gasteiger partial charge in [0.25, 0.3) is 0 Å². The Hall–Kier alpha value is -3.49. The van der Waals surface area contributed by atoms with E-state index in [0.717, 1.165) is 43.9 Å². The van der Waals surface area contributed by atoms with Crippen molar-refractivity contribution in [2.45, 2.75) is 190 Å². The number of aliphatic hydroxyl groups excluding tert-OH is 6. The third-order valence-corrected chi connectivity index (χ3v) is 13.3. The van der Waals surface area contributed by atoms with Gasteiger partial charge in [-0.25, -0.2) is 4.57 Å². The molecule has 0 radical (unpaired) electrons. The number of phosphoric acid groups is 1. The highest BCUT2D eigenvalue weighted by Crippen LogP contribution is 2.47. The van der Waals surface area contributed by atoms with Gasteiger partial charge >= 0.3 is 25.7 Å². The number of aliphatic carboxylic acids is 1. The molecule has 1 rings (SSSR count). The van der Waals surface area contributed by atoms with Crippen LogP contribution in [-0.2, 0) is 37.5 Å².